The minimum Gasteiger partial charge on any atom is -0.354 e. The molecule has 0 radical (unpaired) electrons. The fraction of sp³-hybridized carbons (Fsp3) is 0.643. The number of nitrogens with two attached hydrogens (primary N) is 1. The topological polar surface area (TPSA) is 58.4 Å². The molecular weight excluding hydrogens is 258 g/mol. The highest BCUT2D eigenvalue weighted by atomic mass is 32.1. The standard InChI is InChI=1S/C14H23N3OS/c15-7-6-14(18)16-10-12-4-1-2-8-17(12)11-13-5-3-9-19-13/h3,5,9,12H,1-2,4,6-8,10-11,15H2,(H,16,18). The zero-order chi connectivity index (χ0) is 13.5. The summed E-state index contributed by atoms with van der Waals surface area (Å²) in [6.07, 6.45) is 4.13. The molecule has 0 saturated carbocycles. The van der Waals surface area contributed by atoms with Crippen molar-refractivity contribution in [3.05, 3.63) is 22.4 Å². The Morgan fingerprint density at radius 1 is 1.53 bits per heavy atom. The number of thiophene rings is 1. The van der Waals surface area contributed by atoms with Gasteiger partial charge in [0, 0.05) is 37.0 Å². The highest BCUT2D eigenvalue weighted by Crippen LogP contribution is 2.21. The van der Waals surface area contributed by atoms with Crippen LogP contribution in [0.2, 0.25) is 0 Å². The van der Waals surface area contributed by atoms with Crippen LogP contribution in [0.3, 0.4) is 0 Å². The maximum absolute atomic E-state index is 11.5. The smallest absolute Gasteiger partial charge is 0.221 e. The van der Waals surface area contributed by atoms with Crippen LogP contribution in [0.1, 0.15) is 30.6 Å². The van der Waals surface area contributed by atoms with Gasteiger partial charge in [-0.2, -0.15) is 0 Å². The van der Waals surface area contributed by atoms with E-state index in [4.69, 9.17) is 5.73 Å². The maximum Gasteiger partial charge on any atom is 0.221 e. The summed E-state index contributed by atoms with van der Waals surface area (Å²) in [5, 5.41) is 5.13. The van der Waals surface area contributed by atoms with Gasteiger partial charge in [0.15, 0.2) is 0 Å². The Bertz CT molecular complexity index is 380. The van der Waals surface area contributed by atoms with E-state index in [1.54, 1.807) is 11.3 Å². The number of piperidine rings is 1. The van der Waals surface area contributed by atoms with E-state index in [9.17, 15) is 4.79 Å². The van der Waals surface area contributed by atoms with Crippen molar-refractivity contribution in [3.63, 3.8) is 0 Å². The Balaban J connectivity index is 1.83. The molecule has 2 heterocycles. The maximum atomic E-state index is 11.5. The molecule has 0 spiro atoms. The predicted molar refractivity (Wildman–Crippen MR) is 79.0 cm³/mol. The van der Waals surface area contributed by atoms with Gasteiger partial charge in [-0.3, -0.25) is 9.69 Å². The van der Waals surface area contributed by atoms with E-state index in [1.807, 2.05) is 0 Å². The van der Waals surface area contributed by atoms with E-state index < -0.39 is 0 Å². The van der Waals surface area contributed by atoms with Crippen molar-refractivity contribution < 1.29 is 4.79 Å². The first-order valence-electron chi connectivity index (χ1n) is 7.03. The van der Waals surface area contributed by atoms with Crippen LogP contribution in [-0.2, 0) is 11.3 Å². The van der Waals surface area contributed by atoms with Crippen molar-refractivity contribution >= 4 is 17.2 Å². The number of likely N-dealkylation sites (tertiary alicyclic amines) is 1. The summed E-state index contributed by atoms with van der Waals surface area (Å²) in [4.78, 5) is 15.4. The first-order chi connectivity index (χ1) is 9.29. The van der Waals surface area contributed by atoms with Crippen LogP contribution >= 0.6 is 11.3 Å². The second-order valence-corrected chi connectivity index (χ2v) is 6.07. The van der Waals surface area contributed by atoms with E-state index in [1.165, 1.54) is 24.1 Å². The Labute approximate surface area is 119 Å². The van der Waals surface area contributed by atoms with Crippen LogP contribution in [-0.4, -0.2) is 36.5 Å². The number of hydrogen-bond donors (Lipinski definition) is 2. The van der Waals surface area contributed by atoms with Gasteiger partial charge in [-0.25, -0.2) is 0 Å². The summed E-state index contributed by atoms with van der Waals surface area (Å²) < 4.78 is 0. The molecule has 5 heteroatoms. The largest absolute Gasteiger partial charge is 0.354 e. The highest BCUT2D eigenvalue weighted by molar-refractivity contribution is 7.09. The van der Waals surface area contributed by atoms with Crippen molar-refractivity contribution in [3.8, 4) is 0 Å². The van der Waals surface area contributed by atoms with Crippen LogP contribution in [0.25, 0.3) is 0 Å². The summed E-state index contributed by atoms with van der Waals surface area (Å²) >= 11 is 1.81. The zero-order valence-corrected chi connectivity index (χ0v) is 12.1. The fourth-order valence-electron chi connectivity index (χ4n) is 2.55. The molecule has 106 valence electrons. The molecule has 1 aliphatic heterocycles. The van der Waals surface area contributed by atoms with E-state index in [0.29, 0.717) is 19.0 Å². The van der Waals surface area contributed by atoms with E-state index in [-0.39, 0.29) is 5.91 Å². The number of nitrogens with zero attached hydrogens (tertiary/aromatic N) is 1. The predicted octanol–water partition coefficient (Wildman–Crippen LogP) is 1.57. The molecule has 1 saturated heterocycles. The number of carbonyl (C=O) groups excluding carboxylic acids is 1. The van der Waals surface area contributed by atoms with Crippen LogP contribution in [0.5, 0.6) is 0 Å². The molecule has 1 unspecified atom stereocenters. The van der Waals surface area contributed by atoms with Gasteiger partial charge in [0.1, 0.15) is 0 Å². The highest BCUT2D eigenvalue weighted by Gasteiger charge is 2.22. The molecule has 0 aliphatic carbocycles. The van der Waals surface area contributed by atoms with Crippen molar-refractivity contribution in [2.24, 2.45) is 5.73 Å². The molecule has 1 aromatic rings. The third kappa shape index (κ3) is 4.60. The normalized spacial score (nSPS) is 20.4. The van der Waals surface area contributed by atoms with Gasteiger partial charge >= 0.3 is 0 Å². The fourth-order valence-corrected chi connectivity index (χ4v) is 3.28. The first kappa shape index (κ1) is 14.5. The Kier molecular flexibility index (Phi) is 5.82. The lowest BCUT2D eigenvalue weighted by molar-refractivity contribution is -0.121. The van der Waals surface area contributed by atoms with Crippen LogP contribution in [0.15, 0.2) is 17.5 Å². The molecule has 0 aromatic carbocycles. The summed E-state index contributed by atoms with van der Waals surface area (Å²) in [7, 11) is 0. The molecule has 19 heavy (non-hydrogen) atoms. The quantitative estimate of drug-likeness (QED) is 0.832. The monoisotopic (exact) mass is 281 g/mol. The molecule has 1 atom stereocenters. The molecule has 0 bridgehead atoms. The van der Waals surface area contributed by atoms with Crippen molar-refractivity contribution in [2.45, 2.75) is 38.3 Å². The summed E-state index contributed by atoms with van der Waals surface area (Å²) in [6, 6.07) is 4.75. The third-order valence-electron chi connectivity index (χ3n) is 3.59. The van der Waals surface area contributed by atoms with E-state index in [2.05, 4.69) is 27.7 Å². The molecule has 1 amide bonds. The lowest BCUT2D eigenvalue weighted by atomic mass is 10.0. The van der Waals surface area contributed by atoms with Crippen molar-refractivity contribution in [1.82, 2.24) is 10.2 Å². The number of rotatable bonds is 6. The number of carbonyl (C=O) groups is 1. The van der Waals surface area contributed by atoms with Gasteiger partial charge in [0.2, 0.25) is 5.91 Å². The zero-order valence-electron chi connectivity index (χ0n) is 11.3. The summed E-state index contributed by atoms with van der Waals surface area (Å²) in [5.41, 5.74) is 5.39. The molecule has 1 aliphatic rings. The summed E-state index contributed by atoms with van der Waals surface area (Å²) in [6.45, 7) is 3.32. The molecule has 1 aromatic heterocycles. The molecule has 4 nitrogen and oxygen atoms in total. The second kappa shape index (κ2) is 7.62. The van der Waals surface area contributed by atoms with Crippen LogP contribution < -0.4 is 11.1 Å². The van der Waals surface area contributed by atoms with E-state index >= 15 is 0 Å². The minimum absolute atomic E-state index is 0.0733. The molecular formula is C14H23N3OS. The Morgan fingerprint density at radius 2 is 2.42 bits per heavy atom. The lowest BCUT2D eigenvalue weighted by Gasteiger charge is -2.35. The number of nitrogens with one attached hydrogen (secondary N) is 1. The Hall–Kier alpha value is -0.910. The second-order valence-electron chi connectivity index (χ2n) is 5.04. The van der Waals surface area contributed by atoms with Gasteiger partial charge in [0.05, 0.1) is 0 Å². The van der Waals surface area contributed by atoms with Crippen LogP contribution in [0.4, 0.5) is 0 Å². The number of amides is 1. The van der Waals surface area contributed by atoms with E-state index in [0.717, 1.165) is 19.6 Å². The average molecular weight is 281 g/mol. The molecule has 1 fully saturated rings. The summed E-state index contributed by atoms with van der Waals surface area (Å²) in [5.74, 6) is 0.0733. The number of hydrogen-bond acceptors (Lipinski definition) is 4. The van der Waals surface area contributed by atoms with Crippen LogP contribution in [0, 0.1) is 0 Å². The first-order valence-corrected chi connectivity index (χ1v) is 7.91. The molecule has 3 N–H and O–H groups in total. The minimum atomic E-state index is 0.0733. The Morgan fingerprint density at radius 3 is 3.16 bits per heavy atom. The van der Waals surface area contributed by atoms with Crippen molar-refractivity contribution in [2.75, 3.05) is 19.6 Å². The molecule has 2 rings (SSSR count). The van der Waals surface area contributed by atoms with Gasteiger partial charge in [-0.05, 0) is 30.8 Å². The third-order valence-corrected chi connectivity index (χ3v) is 4.46. The van der Waals surface area contributed by atoms with Gasteiger partial charge < -0.3 is 11.1 Å². The average Bonchev–Trinajstić information content (AvgIpc) is 2.91. The lowest BCUT2D eigenvalue weighted by Crippen LogP contribution is -2.46. The van der Waals surface area contributed by atoms with Gasteiger partial charge in [-0.1, -0.05) is 12.5 Å². The van der Waals surface area contributed by atoms with Gasteiger partial charge in [-0.15, -0.1) is 11.3 Å². The van der Waals surface area contributed by atoms with Gasteiger partial charge in [0.25, 0.3) is 0 Å². The SMILES string of the molecule is NCCC(=O)NCC1CCCCN1Cc1cccs1. The van der Waals surface area contributed by atoms with Crippen molar-refractivity contribution in [1.29, 1.82) is 0 Å².